The molecule has 0 saturated carbocycles. The van der Waals surface area contributed by atoms with E-state index in [-0.39, 0.29) is 17.4 Å². The second-order valence-electron chi connectivity index (χ2n) is 5.38. The fraction of sp³-hybridized carbons (Fsp3) is 1.00. The van der Waals surface area contributed by atoms with E-state index in [9.17, 15) is 8.42 Å². The zero-order chi connectivity index (χ0) is 12.5. The highest BCUT2D eigenvalue weighted by atomic mass is 32.2. The van der Waals surface area contributed by atoms with Crippen molar-refractivity contribution in [2.24, 2.45) is 11.3 Å². The SMILES string of the molecule is CCNCC1(C2CCS(=O)(=O)C2)CCOC1C. The van der Waals surface area contributed by atoms with Crippen molar-refractivity contribution in [3.63, 3.8) is 0 Å². The first-order chi connectivity index (χ1) is 8.00. The Morgan fingerprint density at radius 2 is 2.24 bits per heavy atom. The molecule has 0 aliphatic carbocycles. The molecule has 100 valence electrons. The molecule has 5 heteroatoms. The van der Waals surface area contributed by atoms with E-state index in [1.807, 2.05) is 0 Å². The van der Waals surface area contributed by atoms with Gasteiger partial charge in [-0.2, -0.15) is 0 Å². The van der Waals surface area contributed by atoms with E-state index in [4.69, 9.17) is 4.74 Å². The maximum Gasteiger partial charge on any atom is 0.150 e. The highest BCUT2D eigenvalue weighted by Crippen LogP contribution is 2.45. The lowest BCUT2D eigenvalue weighted by Crippen LogP contribution is -2.45. The number of nitrogens with one attached hydrogen (secondary N) is 1. The van der Waals surface area contributed by atoms with Gasteiger partial charge in [-0.25, -0.2) is 8.42 Å². The summed E-state index contributed by atoms with van der Waals surface area (Å²) in [6, 6.07) is 0. The van der Waals surface area contributed by atoms with Gasteiger partial charge >= 0.3 is 0 Å². The molecule has 0 spiro atoms. The number of hydrogen-bond donors (Lipinski definition) is 1. The van der Waals surface area contributed by atoms with Crippen LogP contribution in [0.15, 0.2) is 0 Å². The molecule has 0 aromatic rings. The van der Waals surface area contributed by atoms with E-state index in [1.54, 1.807) is 0 Å². The van der Waals surface area contributed by atoms with Gasteiger partial charge in [-0.1, -0.05) is 6.92 Å². The minimum Gasteiger partial charge on any atom is -0.378 e. The zero-order valence-corrected chi connectivity index (χ0v) is 11.6. The van der Waals surface area contributed by atoms with Crippen LogP contribution >= 0.6 is 0 Å². The van der Waals surface area contributed by atoms with E-state index < -0.39 is 9.84 Å². The van der Waals surface area contributed by atoms with Gasteiger partial charge in [0.2, 0.25) is 0 Å². The van der Waals surface area contributed by atoms with Crippen LogP contribution in [0.1, 0.15) is 26.7 Å². The third-order valence-corrected chi connectivity index (χ3v) is 6.26. The van der Waals surface area contributed by atoms with Crippen LogP contribution in [-0.4, -0.2) is 45.7 Å². The van der Waals surface area contributed by atoms with Crippen LogP contribution in [0.3, 0.4) is 0 Å². The molecule has 4 nitrogen and oxygen atoms in total. The van der Waals surface area contributed by atoms with Crippen molar-refractivity contribution in [2.75, 3.05) is 31.2 Å². The van der Waals surface area contributed by atoms with Gasteiger partial charge in [0.15, 0.2) is 9.84 Å². The number of rotatable bonds is 4. The van der Waals surface area contributed by atoms with Gasteiger partial charge in [0, 0.05) is 18.6 Å². The zero-order valence-electron chi connectivity index (χ0n) is 10.7. The Morgan fingerprint density at radius 3 is 2.71 bits per heavy atom. The average Bonchev–Trinajstić information content (AvgIpc) is 2.80. The Hall–Kier alpha value is -0.130. The molecule has 3 atom stereocenters. The van der Waals surface area contributed by atoms with Crippen LogP contribution in [-0.2, 0) is 14.6 Å². The average molecular weight is 261 g/mol. The first-order valence-electron chi connectivity index (χ1n) is 6.53. The molecule has 0 aromatic heterocycles. The van der Waals surface area contributed by atoms with Crippen LogP contribution in [0.2, 0.25) is 0 Å². The molecule has 1 N–H and O–H groups in total. The normalized spacial score (nSPS) is 40.8. The first-order valence-corrected chi connectivity index (χ1v) is 8.35. The fourth-order valence-electron chi connectivity index (χ4n) is 3.31. The van der Waals surface area contributed by atoms with Crippen LogP contribution in [0.25, 0.3) is 0 Å². The number of ether oxygens (including phenoxy) is 1. The summed E-state index contributed by atoms with van der Waals surface area (Å²) in [5, 5.41) is 3.39. The molecule has 2 saturated heterocycles. The van der Waals surface area contributed by atoms with Crippen LogP contribution in [0.5, 0.6) is 0 Å². The maximum absolute atomic E-state index is 11.7. The Labute approximate surface area is 104 Å². The molecule has 2 fully saturated rings. The second-order valence-corrected chi connectivity index (χ2v) is 7.61. The first kappa shape index (κ1) is 13.3. The summed E-state index contributed by atoms with van der Waals surface area (Å²) in [7, 11) is -2.80. The minimum atomic E-state index is -2.80. The predicted molar refractivity (Wildman–Crippen MR) is 67.8 cm³/mol. The molecule has 0 aromatic carbocycles. The quantitative estimate of drug-likeness (QED) is 0.814. The Kier molecular flexibility index (Phi) is 3.80. The van der Waals surface area contributed by atoms with Gasteiger partial charge in [-0.15, -0.1) is 0 Å². The lowest BCUT2D eigenvalue weighted by atomic mass is 9.70. The van der Waals surface area contributed by atoms with Gasteiger partial charge in [-0.3, -0.25) is 0 Å². The van der Waals surface area contributed by atoms with Crippen LogP contribution < -0.4 is 5.32 Å². The molecular formula is C12H23NO3S. The van der Waals surface area contributed by atoms with Crippen molar-refractivity contribution in [1.29, 1.82) is 0 Å². The molecule has 0 radical (unpaired) electrons. The Balaban J connectivity index is 2.16. The third-order valence-electron chi connectivity index (χ3n) is 4.49. The van der Waals surface area contributed by atoms with Crippen molar-refractivity contribution in [1.82, 2.24) is 5.32 Å². The van der Waals surface area contributed by atoms with Crippen molar-refractivity contribution >= 4 is 9.84 Å². The van der Waals surface area contributed by atoms with Crippen molar-refractivity contribution in [3.05, 3.63) is 0 Å². The van der Waals surface area contributed by atoms with Gasteiger partial charge in [0.1, 0.15) is 0 Å². The molecule has 0 bridgehead atoms. The summed E-state index contributed by atoms with van der Waals surface area (Å²) in [6.45, 7) is 6.75. The van der Waals surface area contributed by atoms with E-state index >= 15 is 0 Å². The monoisotopic (exact) mass is 261 g/mol. The molecule has 17 heavy (non-hydrogen) atoms. The summed E-state index contributed by atoms with van der Waals surface area (Å²) < 4.78 is 29.0. The molecule has 3 unspecified atom stereocenters. The van der Waals surface area contributed by atoms with Crippen molar-refractivity contribution in [2.45, 2.75) is 32.8 Å². The Bertz CT molecular complexity index is 368. The van der Waals surface area contributed by atoms with Gasteiger partial charge in [-0.05, 0) is 32.2 Å². The van der Waals surface area contributed by atoms with E-state index in [0.29, 0.717) is 11.5 Å². The highest BCUT2D eigenvalue weighted by molar-refractivity contribution is 7.91. The summed E-state index contributed by atoms with van der Waals surface area (Å²) in [4.78, 5) is 0. The third kappa shape index (κ3) is 2.51. The van der Waals surface area contributed by atoms with E-state index in [2.05, 4.69) is 19.2 Å². The summed E-state index contributed by atoms with van der Waals surface area (Å²) in [5.74, 6) is 0.980. The van der Waals surface area contributed by atoms with E-state index in [1.165, 1.54) is 0 Å². The molecule has 2 heterocycles. The van der Waals surface area contributed by atoms with Crippen LogP contribution in [0.4, 0.5) is 0 Å². The van der Waals surface area contributed by atoms with Crippen molar-refractivity contribution in [3.8, 4) is 0 Å². The van der Waals surface area contributed by atoms with Gasteiger partial charge in [0.25, 0.3) is 0 Å². The molecule has 2 aliphatic heterocycles. The maximum atomic E-state index is 11.7. The van der Waals surface area contributed by atoms with Crippen LogP contribution in [0, 0.1) is 11.3 Å². The fourth-order valence-corrected chi connectivity index (χ4v) is 5.24. The number of sulfone groups is 1. The summed E-state index contributed by atoms with van der Waals surface area (Å²) >= 11 is 0. The lowest BCUT2D eigenvalue weighted by molar-refractivity contribution is 0.0347. The largest absolute Gasteiger partial charge is 0.378 e. The molecular weight excluding hydrogens is 238 g/mol. The molecule has 0 amide bonds. The smallest absolute Gasteiger partial charge is 0.150 e. The predicted octanol–water partition coefficient (Wildman–Crippen LogP) is 0.826. The van der Waals surface area contributed by atoms with Gasteiger partial charge < -0.3 is 10.1 Å². The number of hydrogen-bond acceptors (Lipinski definition) is 4. The Morgan fingerprint density at radius 1 is 1.47 bits per heavy atom. The molecule has 2 rings (SSSR count). The minimum absolute atomic E-state index is 0.0274. The second kappa shape index (κ2) is 4.86. The summed E-state index contributed by atoms with van der Waals surface area (Å²) in [6.07, 6.45) is 1.96. The lowest BCUT2D eigenvalue weighted by Gasteiger charge is -2.37. The summed E-state index contributed by atoms with van der Waals surface area (Å²) in [5.41, 5.74) is 0.0274. The standard InChI is InChI=1S/C12H23NO3S/c1-3-13-9-12(5-6-16-10(12)2)11-4-7-17(14,15)8-11/h10-11,13H,3-9H2,1-2H3. The molecule has 2 aliphatic rings. The van der Waals surface area contributed by atoms with Gasteiger partial charge in [0.05, 0.1) is 17.6 Å². The van der Waals surface area contributed by atoms with E-state index in [0.717, 1.165) is 32.5 Å². The topological polar surface area (TPSA) is 55.4 Å². The van der Waals surface area contributed by atoms with Crippen molar-refractivity contribution < 1.29 is 13.2 Å². The highest BCUT2D eigenvalue weighted by Gasteiger charge is 2.50.